The summed E-state index contributed by atoms with van der Waals surface area (Å²) in [6.45, 7) is 2.57. The first-order chi connectivity index (χ1) is 12.5. The van der Waals surface area contributed by atoms with Crippen molar-refractivity contribution in [3.63, 3.8) is 0 Å². The van der Waals surface area contributed by atoms with Gasteiger partial charge in [0.1, 0.15) is 16.8 Å². The summed E-state index contributed by atoms with van der Waals surface area (Å²) in [5, 5.41) is 16.7. The Labute approximate surface area is 156 Å². The summed E-state index contributed by atoms with van der Waals surface area (Å²) in [7, 11) is 1.58. The summed E-state index contributed by atoms with van der Waals surface area (Å²) >= 11 is 1.29. The van der Waals surface area contributed by atoms with Gasteiger partial charge in [0.2, 0.25) is 11.8 Å². The molecule has 7 nitrogen and oxygen atoms in total. The van der Waals surface area contributed by atoms with Gasteiger partial charge in [-0.15, -0.1) is 11.3 Å². The van der Waals surface area contributed by atoms with Crippen molar-refractivity contribution in [3.8, 4) is 11.8 Å². The number of thiophene rings is 1. The highest BCUT2D eigenvalue weighted by Crippen LogP contribution is 2.22. The standard InChI is InChI=1S/C18H20N4O3S/c1-3-22(12-17(24)21-18-13(10-19)8-9-26-18)11-16(23)20-14-4-6-15(25-2)7-5-14/h4-9H,3,11-12H2,1-2H3,(H,20,23)(H,21,24). The Morgan fingerprint density at radius 3 is 2.38 bits per heavy atom. The summed E-state index contributed by atoms with van der Waals surface area (Å²) in [5.41, 5.74) is 1.09. The number of nitrogens with one attached hydrogen (secondary N) is 2. The second-order valence-electron chi connectivity index (χ2n) is 5.40. The fraction of sp³-hybridized carbons (Fsp3) is 0.278. The van der Waals surface area contributed by atoms with Crippen molar-refractivity contribution in [2.24, 2.45) is 0 Å². The number of anilines is 2. The van der Waals surface area contributed by atoms with Crippen molar-refractivity contribution in [3.05, 3.63) is 41.3 Å². The van der Waals surface area contributed by atoms with Crippen molar-refractivity contribution in [1.29, 1.82) is 5.26 Å². The van der Waals surface area contributed by atoms with Crippen molar-refractivity contribution in [2.45, 2.75) is 6.92 Å². The van der Waals surface area contributed by atoms with Gasteiger partial charge in [0, 0.05) is 5.69 Å². The second-order valence-corrected chi connectivity index (χ2v) is 6.32. The molecule has 2 rings (SSSR count). The number of rotatable bonds is 8. The number of benzene rings is 1. The van der Waals surface area contributed by atoms with Gasteiger partial charge in [-0.3, -0.25) is 14.5 Å². The quantitative estimate of drug-likeness (QED) is 0.742. The summed E-state index contributed by atoms with van der Waals surface area (Å²) in [4.78, 5) is 26.1. The van der Waals surface area contributed by atoms with E-state index in [-0.39, 0.29) is 24.9 Å². The van der Waals surface area contributed by atoms with Crippen LogP contribution in [0.1, 0.15) is 12.5 Å². The van der Waals surface area contributed by atoms with Gasteiger partial charge in [0.15, 0.2) is 0 Å². The molecule has 0 bridgehead atoms. The minimum atomic E-state index is -0.261. The predicted octanol–water partition coefficient (Wildman–Crippen LogP) is 2.53. The Kier molecular flexibility index (Phi) is 7.14. The van der Waals surface area contributed by atoms with Crippen LogP contribution in [-0.2, 0) is 9.59 Å². The van der Waals surface area contributed by atoms with E-state index < -0.39 is 0 Å². The van der Waals surface area contributed by atoms with E-state index >= 15 is 0 Å². The molecule has 1 heterocycles. The Morgan fingerprint density at radius 2 is 1.81 bits per heavy atom. The van der Waals surface area contributed by atoms with E-state index in [9.17, 15) is 9.59 Å². The third kappa shape index (κ3) is 5.58. The number of hydrogen-bond donors (Lipinski definition) is 2. The van der Waals surface area contributed by atoms with E-state index in [0.717, 1.165) is 0 Å². The van der Waals surface area contributed by atoms with Crippen molar-refractivity contribution >= 4 is 33.8 Å². The summed E-state index contributed by atoms with van der Waals surface area (Å²) in [5.74, 6) is 0.238. The molecule has 0 saturated heterocycles. The highest BCUT2D eigenvalue weighted by Gasteiger charge is 2.15. The van der Waals surface area contributed by atoms with Crippen LogP contribution in [0.3, 0.4) is 0 Å². The highest BCUT2D eigenvalue weighted by molar-refractivity contribution is 7.14. The molecule has 2 N–H and O–H groups in total. The topological polar surface area (TPSA) is 94.5 Å². The van der Waals surface area contributed by atoms with Gasteiger partial charge in [0.25, 0.3) is 0 Å². The predicted molar refractivity (Wildman–Crippen MR) is 101 cm³/mol. The van der Waals surface area contributed by atoms with Crippen molar-refractivity contribution in [2.75, 3.05) is 37.4 Å². The molecule has 136 valence electrons. The molecule has 26 heavy (non-hydrogen) atoms. The lowest BCUT2D eigenvalue weighted by molar-refractivity contribution is -0.119. The highest BCUT2D eigenvalue weighted by atomic mass is 32.1. The molecule has 1 aromatic heterocycles. The Balaban J connectivity index is 1.86. The molecule has 0 aliphatic carbocycles. The molecular formula is C18H20N4O3S. The molecule has 0 saturated carbocycles. The van der Waals surface area contributed by atoms with Crippen molar-refractivity contribution in [1.82, 2.24) is 4.90 Å². The smallest absolute Gasteiger partial charge is 0.239 e. The number of carbonyl (C=O) groups is 2. The van der Waals surface area contributed by atoms with Crippen LogP contribution < -0.4 is 15.4 Å². The van der Waals surface area contributed by atoms with Gasteiger partial charge >= 0.3 is 0 Å². The Bertz CT molecular complexity index is 796. The molecule has 2 amide bonds. The van der Waals surface area contributed by atoms with E-state index in [4.69, 9.17) is 10.00 Å². The maximum atomic E-state index is 12.2. The lowest BCUT2D eigenvalue weighted by Gasteiger charge is -2.19. The van der Waals surface area contributed by atoms with E-state index in [1.807, 2.05) is 13.0 Å². The molecule has 8 heteroatoms. The number of likely N-dealkylation sites (N-methyl/N-ethyl adjacent to an activating group) is 1. The third-order valence-corrected chi connectivity index (χ3v) is 4.42. The molecule has 0 spiro atoms. The zero-order valence-corrected chi connectivity index (χ0v) is 15.4. The Morgan fingerprint density at radius 1 is 1.15 bits per heavy atom. The SMILES string of the molecule is CCN(CC(=O)Nc1ccc(OC)cc1)CC(=O)Nc1sccc1C#N. The lowest BCUT2D eigenvalue weighted by Crippen LogP contribution is -2.38. The van der Waals surface area contributed by atoms with Gasteiger partial charge in [-0.25, -0.2) is 0 Å². The van der Waals surface area contributed by atoms with Crippen LogP contribution in [0.2, 0.25) is 0 Å². The van der Waals surface area contributed by atoms with E-state index in [1.54, 1.807) is 47.7 Å². The third-order valence-electron chi connectivity index (χ3n) is 3.59. The number of nitriles is 1. The van der Waals surface area contributed by atoms with Gasteiger partial charge in [-0.2, -0.15) is 5.26 Å². The van der Waals surface area contributed by atoms with Gasteiger partial charge in [0.05, 0.1) is 25.8 Å². The van der Waals surface area contributed by atoms with Crippen LogP contribution in [0.15, 0.2) is 35.7 Å². The monoisotopic (exact) mass is 372 g/mol. The van der Waals surface area contributed by atoms with E-state index in [2.05, 4.69) is 10.6 Å². The molecule has 0 fully saturated rings. The zero-order chi connectivity index (χ0) is 18.9. The van der Waals surface area contributed by atoms with E-state index in [1.165, 1.54) is 11.3 Å². The largest absolute Gasteiger partial charge is 0.497 e. The molecule has 0 unspecified atom stereocenters. The maximum absolute atomic E-state index is 12.2. The number of methoxy groups -OCH3 is 1. The molecule has 2 aromatic rings. The van der Waals surface area contributed by atoms with Crippen LogP contribution in [0.4, 0.5) is 10.7 Å². The summed E-state index contributed by atoms with van der Waals surface area (Å²) in [6, 6.07) is 10.7. The number of carbonyl (C=O) groups excluding carboxylic acids is 2. The average molecular weight is 372 g/mol. The first-order valence-corrected chi connectivity index (χ1v) is 8.87. The molecule has 0 aliphatic heterocycles. The number of ether oxygens (including phenoxy) is 1. The minimum absolute atomic E-state index is 0.0648. The fourth-order valence-electron chi connectivity index (χ4n) is 2.22. The molecular weight excluding hydrogens is 352 g/mol. The summed E-state index contributed by atoms with van der Waals surface area (Å²) < 4.78 is 5.07. The van der Waals surface area contributed by atoms with Gasteiger partial charge in [-0.05, 0) is 42.3 Å². The van der Waals surface area contributed by atoms with Crippen LogP contribution in [-0.4, -0.2) is 43.5 Å². The summed E-state index contributed by atoms with van der Waals surface area (Å²) in [6.07, 6.45) is 0. The van der Waals surface area contributed by atoms with Crippen LogP contribution in [0.25, 0.3) is 0 Å². The maximum Gasteiger partial charge on any atom is 0.239 e. The van der Waals surface area contributed by atoms with Gasteiger partial charge in [-0.1, -0.05) is 6.92 Å². The normalized spacial score (nSPS) is 10.2. The molecule has 0 atom stereocenters. The molecule has 0 aliphatic rings. The second kappa shape index (κ2) is 9.56. The number of amides is 2. The minimum Gasteiger partial charge on any atom is -0.497 e. The zero-order valence-electron chi connectivity index (χ0n) is 14.6. The average Bonchev–Trinajstić information content (AvgIpc) is 3.08. The van der Waals surface area contributed by atoms with Crippen LogP contribution in [0.5, 0.6) is 5.75 Å². The van der Waals surface area contributed by atoms with Crippen LogP contribution >= 0.6 is 11.3 Å². The lowest BCUT2D eigenvalue weighted by atomic mass is 10.3. The molecule has 1 aromatic carbocycles. The Hall–Kier alpha value is -2.89. The number of nitrogens with zero attached hydrogens (tertiary/aromatic N) is 2. The van der Waals surface area contributed by atoms with Crippen LogP contribution in [0, 0.1) is 11.3 Å². The van der Waals surface area contributed by atoms with Crippen molar-refractivity contribution < 1.29 is 14.3 Å². The first kappa shape index (κ1) is 19.4. The first-order valence-electron chi connectivity index (χ1n) is 7.99. The number of hydrogen-bond acceptors (Lipinski definition) is 6. The molecule has 0 radical (unpaired) electrons. The van der Waals surface area contributed by atoms with Gasteiger partial charge < -0.3 is 15.4 Å². The van der Waals surface area contributed by atoms with E-state index in [0.29, 0.717) is 28.5 Å². The fourth-order valence-corrected chi connectivity index (χ4v) is 2.97.